The van der Waals surface area contributed by atoms with Crippen molar-refractivity contribution in [2.75, 3.05) is 0 Å². The molecule has 1 atom stereocenters. The Bertz CT molecular complexity index is 1130. The van der Waals surface area contributed by atoms with Crippen molar-refractivity contribution in [2.45, 2.75) is 81.2 Å². The molecule has 0 amide bonds. The Morgan fingerprint density at radius 1 is 1.06 bits per heavy atom. The predicted molar refractivity (Wildman–Crippen MR) is 160 cm³/mol. The lowest BCUT2D eigenvalue weighted by atomic mass is 9.84. The lowest BCUT2D eigenvalue weighted by molar-refractivity contribution is 0.427. The number of aromatic nitrogens is 1. The van der Waals surface area contributed by atoms with Gasteiger partial charge in [0, 0.05) is 17.6 Å². The van der Waals surface area contributed by atoms with E-state index in [1.54, 1.807) is 0 Å². The van der Waals surface area contributed by atoms with Crippen LogP contribution in [0.5, 0.6) is 0 Å². The molecular formula is C33H48N2O. The lowest BCUT2D eigenvalue weighted by Gasteiger charge is -2.24. The van der Waals surface area contributed by atoms with Crippen molar-refractivity contribution in [1.29, 1.82) is 0 Å². The van der Waals surface area contributed by atoms with E-state index in [0.717, 1.165) is 24.1 Å². The van der Waals surface area contributed by atoms with Crippen molar-refractivity contribution < 1.29 is 5.11 Å². The third-order valence-electron chi connectivity index (χ3n) is 5.94. The van der Waals surface area contributed by atoms with Crippen LogP contribution in [0.4, 0.5) is 0 Å². The number of aliphatic hydroxyl groups excluding tert-OH is 1. The first-order valence-corrected chi connectivity index (χ1v) is 12.9. The van der Waals surface area contributed by atoms with Gasteiger partial charge < -0.3 is 15.0 Å². The second kappa shape index (κ2) is 13.2. The summed E-state index contributed by atoms with van der Waals surface area (Å²) < 4.78 is 1.92. The molecule has 2 N–H and O–H groups in total. The maximum atomic E-state index is 10.2. The second-order valence-corrected chi connectivity index (χ2v) is 10.5. The SMILES string of the molecule is C=C(/C=C(/C(=C)O)n1cc(C)cc1C)C(=C)N[C@@H](CC)c1ccc(C(=C)CC(C)(C)C)c(C)c1.CC. The topological polar surface area (TPSA) is 37.2 Å². The minimum Gasteiger partial charge on any atom is -0.506 e. The van der Waals surface area contributed by atoms with Gasteiger partial charge in [-0.25, -0.2) is 0 Å². The van der Waals surface area contributed by atoms with Crippen molar-refractivity contribution in [3.63, 3.8) is 0 Å². The average Bonchev–Trinajstić information content (AvgIpc) is 3.12. The molecule has 1 heterocycles. The normalized spacial score (nSPS) is 12.3. The van der Waals surface area contributed by atoms with Crippen molar-refractivity contribution in [1.82, 2.24) is 9.88 Å². The van der Waals surface area contributed by atoms with Crippen LogP contribution in [0.1, 0.15) is 88.4 Å². The van der Waals surface area contributed by atoms with Crippen LogP contribution in [-0.2, 0) is 0 Å². The Balaban J connectivity index is 0.00000316. The van der Waals surface area contributed by atoms with Gasteiger partial charge in [0.2, 0.25) is 0 Å². The van der Waals surface area contributed by atoms with Gasteiger partial charge in [0.05, 0.1) is 11.7 Å². The number of rotatable bonds is 10. The monoisotopic (exact) mass is 488 g/mol. The fourth-order valence-corrected chi connectivity index (χ4v) is 4.31. The number of hydrogen-bond acceptors (Lipinski definition) is 2. The van der Waals surface area contributed by atoms with Crippen LogP contribution in [0.3, 0.4) is 0 Å². The van der Waals surface area contributed by atoms with Crippen molar-refractivity contribution >= 4 is 11.3 Å². The first kappa shape index (κ1) is 30.8. The van der Waals surface area contributed by atoms with Gasteiger partial charge in [-0.05, 0) is 84.6 Å². The van der Waals surface area contributed by atoms with Crippen molar-refractivity contribution in [2.24, 2.45) is 5.41 Å². The molecule has 2 aromatic rings. The quantitative estimate of drug-likeness (QED) is 0.258. The number of nitrogens with zero attached hydrogens (tertiary/aromatic N) is 1. The fraction of sp³-hybridized carbons (Fsp3) is 0.394. The van der Waals surface area contributed by atoms with E-state index in [0.29, 0.717) is 17.0 Å². The third-order valence-corrected chi connectivity index (χ3v) is 5.94. The Morgan fingerprint density at radius 3 is 2.11 bits per heavy atom. The number of nitrogens with one attached hydrogen (secondary N) is 1. The maximum absolute atomic E-state index is 10.2. The highest BCUT2D eigenvalue weighted by atomic mass is 16.3. The van der Waals surface area contributed by atoms with Crippen LogP contribution in [0.25, 0.3) is 11.3 Å². The van der Waals surface area contributed by atoms with Crippen LogP contribution >= 0.6 is 0 Å². The first-order chi connectivity index (χ1) is 16.7. The summed E-state index contributed by atoms with van der Waals surface area (Å²) in [5.41, 5.74) is 9.16. The van der Waals surface area contributed by atoms with E-state index in [9.17, 15) is 5.11 Å². The highest BCUT2D eigenvalue weighted by Gasteiger charge is 2.17. The Kier molecular flexibility index (Phi) is 11.3. The first-order valence-electron chi connectivity index (χ1n) is 12.9. The highest BCUT2D eigenvalue weighted by molar-refractivity contribution is 5.68. The van der Waals surface area contributed by atoms with E-state index >= 15 is 0 Å². The van der Waals surface area contributed by atoms with E-state index in [1.165, 1.54) is 22.3 Å². The summed E-state index contributed by atoms with van der Waals surface area (Å²) in [6.07, 6.45) is 5.65. The molecule has 196 valence electrons. The van der Waals surface area contributed by atoms with Crippen LogP contribution in [0, 0.1) is 26.2 Å². The number of benzene rings is 1. The molecule has 2 rings (SSSR count). The van der Waals surface area contributed by atoms with Gasteiger partial charge in [-0.1, -0.05) is 86.1 Å². The summed E-state index contributed by atoms with van der Waals surface area (Å²) >= 11 is 0. The fourth-order valence-electron chi connectivity index (χ4n) is 4.31. The molecule has 36 heavy (non-hydrogen) atoms. The maximum Gasteiger partial charge on any atom is 0.132 e. The van der Waals surface area contributed by atoms with Gasteiger partial charge in [-0.15, -0.1) is 0 Å². The zero-order chi connectivity index (χ0) is 27.8. The molecule has 0 bridgehead atoms. The van der Waals surface area contributed by atoms with E-state index in [-0.39, 0.29) is 17.2 Å². The molecule has 0 unspecified atom stereocenters. The molecular weight excluding hydrogens is 440 g/mol. The summed E-state index contributed by atoms with van der Waals surface area (Å²) in [5, 5.41) is 13.8. The van der Waals surface area contributed by atoms with E-state index in [2.05, 4.69) is 90.5 Å². The standard InChI is InChI=1S/C31H42N2O.C2H6/c1-12-29(27-13-14-28(22(4)16-27)23(5)18-31(9,10)11)32-25(7)21(3)17-30(26(8)34)33-19-20(2)15-24(33)6;1-2/h13-17,19,29,32,34H,3,5,7-8,12,18H2,1-2,4,6,9-11H3;1-2H3/b30-17-;/t29-;/m0./s1. The van der Waals surface area contributed by atoms with Gasteiger partial charge in [-0.2, -0.15) is 0 Å². The van der Waals surface area contributed by atoms with E-state index < -0.39 is 0 Å². The largest absolute Gasteiger partial charge is 0.506 e. The molecule has 0 aliphatic rings. The highest BCUT2D eigenvalue weighted by Crippen LogP contribution is 2.32. The minimum absolute atomic E-state index is 0.0126. The molecule has 0 aliphatic carbocycles. The van der Waals surface area contributed by atoms with Gasteiger partial charge >= 0.3 is 0 Å². The number of allylic oxidation sites excluding steroid dienone is 3. The van der Waals surface area contributed by atoms with E-state index in [1.807, 2.05) is 44.5 Å². The molecule has 0 saturated heterocycles. The predicted octanol–water partition coefficient (Wildman–Crippen LogP) is 9.61. The smallest absolute Gasteiger partial charge is 0.132 e. The lowest BCUT2D eigenvalue weighted by Crippen LogP contribution is -2.20. The minimum atomic E-state index is -0.0126. The van der Waals surface area contributed by atoms with Crippen LogP contribution in [0.15, 0.2) is 79.9 Å². The third kappa shape index (κ3) is 8.48. The zero-order valence-electron chi connectivity index (χ0n) is 24.2. The Morgan fingerprint density at radius 2 is 1.67 bits per heavy atom. The molecule has 0 spiro atoms. The molecule has 0 radical (unpaired) electrons. The van der Waals surface area contributed by atoms with Crippen molar-refractivity contribution in [3.8, 4) is 0 Å². The van der Waals surface area contributed by atoms with Crippen LogP contribution in [0.2, 0.25) is 0 Å². The molecule has 0 aliphatic heterocycles. The van der Waals surface area contributed by atoms with Gasteiger partial charge in [0.15, 0.2) is 0 Å². The summed E-state index contributed by atoms with van der Waals surface area (Å²) in [4.78, 5) is 0. The van der Waals surface area contributed by atoms with E-state index in [4.69, 9.17) is 0 Å². The molecule has 0 saturated carbocycles. The van der Waals surface area contributed by atoms with Crippen molar-refractivity contribution in [3.05, 3.63) is 108 Å². The summed E-state index contributed by atoms with van der Waals surface area (Å²) in [6, 6.07) is 8.75. The van der Waals surface area contributed by atoms with Gasteiger partial charge in [-0.3, -0.25) is 0 Å². The summed E-state index contributed by atoms with van der Waals surface area (Å²) in [7, 11) is 0. The van der Waals surface area contributed by atoms with Crippen LogP contribution in [-0.4, -0.2) is 9.67 Å². The number of aryl methyl sites for hydroxylation is 3. The zero-order valence-corrected chi connectivity index (χ0v) is 24.2. The second-order valence-electron chi connectivity index (χ2n) is 10.5. The van der Waals surface area contributed by atoms with Gasteiger partial charge in [0.1, 0.15) is 5.76 Å². The Hall–Kier alpha value is -3.20. The molecule has 3 nitrogen and oxygen atoms in total. The molecule has 1 aromatic heterocycles. The van der Waals surface area contributed by atoms with Gasteiger partial charge in [0.25, 0.3) is 0 Å². The Labute approximate surface area is 220 Å². The number of aliphatic hydroxyl groups is 1. The average molecular weight is 489 g/mol. The number of hydrogen-bond donors (Lipinski definition) is 2. The molecule has 0 fully saturated rings. The van der Waals surface area contributed by atoms with Crippen LogP contribution < -0.4 is 5.32 Å². The summed E-state index contributed by atoms with van der Waals surface area (Å²) in [6.45, 7) is 35.5. The summed E-state index contributed by atoms with van der Waals surface area (Å²) in [5.74, 6) is -0.0126. The molecule has 3 heteroatoms. The molecule has 1 aromatic carbocycles.